The summed E-state index contributed by atoms with van der Waals surface area (Å²) in [5.74, 6) is -5.29. The third kappa shape index (κ3) is 2.87. The van der Waals surface area contributed by atoms with E-state index in [0.29, 0.717) is 0 Å². The van der Waals surface area contributed by atoms with Crippen LogP contribution in [0.4, 0.5) is 8.78 Å². The second-order valence-electron chi connectivity index (χ2n) is 4.18. The molecule has 1 amide bonds. The minimum Gasteiger partial charge on any atom is -0.380 e. The number of rotatable bonds is 3. The highest BCUT2D eigenvalue weighted by molar-refractivity contribution is 5.84. The smallest absolute Gasteiger partial charge is 0.355 e. The van der Waals surface area contributed by atoms with E-state index in [0.717, 1.165) is 4.90 Å². The van der Waals surface area contributed by atoms with Crippen LogP contribution in [-0.4, -0.2) is 53.1 Å². The fourth-order valence-electron chi connectivity index (χ4n) is 1.82. The van der Waals surface area contributed by atoms with Crippen LogP contribution in [0, 0.1) is 0 Å². The Labute approximate surface area is 108 Å². The van der Waals surface area contributed by atoms with E-state index in [4.69, 9.17) is 4.74 Å². The Kier molecular flexibility index (Phi) is 4.06. The first-order valence-corrected chi connectivity index (χ1v) is 5.87. The molecule has 1 fully saturated rings. The zero-order valence-electron chi connectivity index (χ0n) is 10.1. The Morgan fingerprint density at radius 1 is 1.42 bits per heavy atom. The van der Waals surface area contributed by atoms with Gasteiger partial charge in [-0.2, -0.15) is 8.78 Å². The minimum absolute atomic E-state index is 0.101. The van der Waals surface area contributed by atoms with Gasteiger partial charge >= 0.3 is 5.92 Å². The van der Waals surface area contributed by atoms with Crippen LogP contribution in [0.5, 0.6) is 0 Å². The van der Waals surface area contributed by atoms with Crippen LogP contribution in [-0.2, 0) is 9.53 Å². The maximum Gasteiger partial charge on any atom is 0.355 e. The third-order valence-electron chi connectivity index (χ3n) is 2.89. The Balaban J connectivity index is 2.14. The van der Waals surface area contributed by atoms with Gasteiger partial charge in [0.25, 0.3) is 5.91 Å². The second-order valence-corrected chi connectivity index (χ2v) is 4.18. The Bertz CT molecular complexity index is 436. The van der Waals surface area contributed by atoms with Gasteiger partial charge in [-0.05, 0) is 12.1 Å². The summed E-state index contributed by atoms with van der Waals surface area (Å²) in [4.78, 5) is 16.4. The van der Waals surface area contributed by atoms with E-state index in [-0.39, 0.29) is 32.0 Å². The summed E-state index contributed by atoms with van der Waals surface area (Å²) in [7, 11) is 0. The molecule has 0 bridgehead atoms. The fraction of sp³-hybridized carbons (Fsp3) is 0.500. The lowest BCUT2D eigenvalue weighted by Crippen LogP contribution is -2.51. The van der Waals surface area contributed by atoms with Gasteiger partial charge in [-0.3, -0.25) is 9.78 Å². The summed E-state index contributed by atoms with van der Waals surface area (Å²) in [6.45, 7) is 0.649. The number of aliphatic hydroxyl groups is 1. The van der Waals surface area contributed by atoms with E-state index in [1.165, 1.54) is 24.4 Å². The monoisotopic (exact) mass is 272 g/mol. The number of hydrogen-bond donors (Lipinski definition) is 1. The van der Waals surface area contributed by atoms with Crippen molar-refractivity contribution in [3.63, 3.8) is 0 Å². The van der Waals surface area contributed by atoms with Gasteiger partial charge in [-0.25, -0.2) is 0 Å². The summed E-state index contributed by atoms with van der Waals surface area (Å²) in [6, 6.07) is 4.27. The summed E-state index contributed by atoms with van der Waals surface area (Å²) in [5, 5.41) is 9.66. The number of alkyl halides is 2. The minimum atomic E-state index is -3.90. The maximum absolute atomic E-state index is 14.0. The molecule has 0 saturated carbocycles. The van der Waals surface area contributed by atoms with Crippen molar-refractivity contribution in [1.29, 1.82) is 0 Å². The van der Waals surface area contributed by atoms with Crippen LogP contribution in [0.2, 0.25) is 0 Å². The van der Waals surface area contributed by atoms with Gasteiger partial charge in [0.05, 0.1) is 18.9 Å². The highest BCUT2D eigenvalue weighted by Gasteiger charge is 2.50. The van der Waals surface area contributed by atoms with Gasteiger partial charge in [0.2, 0.25) is 0 Å². The van der Waals surface area contributed by atoms with Crippen molar-refractivity contribution < 1.29 is 23.4 Å². The Morgan fingerprint density at radius 3 is 2.68 bits per heavy atom. The van der Waals surface area contributed by atoms with Crippen LogP contribution < -0.4 is 0 Å². The van der Waals surface area contributed by atoms with Crippen LogP contribution in [0.15, 0.2) is 24.4 Å². The number of carbonyl (C=O) groups is 1. The normalized spacial score (nSPS) is 18.2. The summed E-state index contributed by atoms with van der Waals surface area (Å²) in [6.07, 6.45) is -0.961. The molecule has 2 rings (SSSR count). The van der Waals surface area contributed by atoms with Gasteiger partial charge in [-0.15, -0.1) is 0 Å². The SMILES string of the molecule is O=C(N1CCOCC1)C(F)(F)C(O)c1ccccn1. The van der Waals surface area contributed by atoms with Crippen LogP contribution in [0.25, 0.3) is 0 Å². The number of aliphatic hydroxyl groups excluding tert-OH is 1. The van der Waals surface area contributed by atoms with Gasteiger partial charge in [0.1, 0.15) is 0 Å². The molecule has 0 aromatic carbocycles. The van der Waals surface area contributed by atoms with E-state index in [9.17, 15) is 18.7 Å². The number of halogens is 2. The molecule has 104 valence electrons. The van der Waals surface area contributed by atoms with Crippen molar-refractivity contribution in [2.45, 2.75) is 12.0 Å². The van der Waals surface area contributed by atoms with E-state index in [2.05, 4.69) is 4.98 Å². The molecule has 0 radical (unpaired) electrons. The lowest BCUT2D eigenvalue weighted by molar-refractivity contribution is -0.179. The number of morpholine rings is 1. The third-order valence-corrected chi connectivity index (χ3v) is 2.89. The second kappa shape index (κ2) is 5.58. The number of amides is 1. The molecule has 1 aliphatic rings. The molecule has 1 atom stereocenters. The highest BCUT2D eigenvalue weighted by Crippen LogP contribution is 2.32. The average molecular weight is 272 g/mol. The van der Waals surface area contributed by atoms with Gasteiger partial charge < -0.3 is 14.7 Å². The number of ether oxygens (including phenoxy) is 1. The van der Waals surface area contributed by atoms with Crippen molar-refractivity contribution >= 4 is 5.91 Å². The molecule has 1 aliphatic heterocycles. The molecule has 1 aromatic rings. The highest BCUT2D eigenvalue weighted by atomic mass is 19.3. The molecule has 0 aliphatic carbocycles. The fourth-order valence-corrected chi connectivity index (χ4v) is 1.82. The van der Waals surface area contributed by atoms with Crippen molar-refractivity contribution in [2.24, 2.45) is 0 Å². The lowest BCUT2D eigenvalue weighted by atomic mass is 10.1. The van der Waals surface area contributed by atoms with E-state index < -0.39 is 17.9 Å². The molecule has 1 N–H and O–H groups in total. The molecule has 19 heavy (non-hydrogen) atoms. The zero-order chi connectivity index (χ0) is 13.9. The number of hydrogen-bond acceptors (Lipinski definition) is 4. The quantitative estimate of drug-likeness (QED) is 0.875. The summed E-state index contributed by atoms with van der Waals surface area (Å²) < 4.78 is 32.9. The van der Waals surface area contributed by atoms with Crippen molar-refractivity contribution in [1.82, 2.24) is 9.88 Å². The van der Waals surface area contributed by atoms with Crippen molar-refractivity contribution in [3.05, 3.63) is 30.1 Å². The van der Waals surface area contributed by atoms with Gasteiger partial charge in [0.15, 0.2) is 6.10 Å². The lowest BCUT2D eigenvalue weighted by Gasteiger charge is -2.31. The Morgan fingerprint density at radius 2 is 2.11 bits per heavy atom. The van der Waals surface area contributed by atoms with Gasteiger partial charge in [-0.1, -0.05) is 6.07 Å². The summed E-state index contributed by atoms with van der Waals surface area (Å²) in [5.41, 5.74) is -0.228. The average Bonchev–Trinajstić information content (AvgIpc) is 2.47. The van der Waals surface area contributed by atoms with Crippen LogP contribution in [0.1, 0.15) is 11.8 Å². The largest absolute Gasteiger partial charge is 0.380 e. The molecular formula is C12H14F2N2O3. The maximum atomic E-state index is 14.0. The van der Waals surface area contributed by atoms with E-state index in [1.54, 1.807) is 0 Å². The first kappa shape index (κ1) is 13.8. The van der Waals surface area contributed by atoms with Crippen molar-refractivity contribution in [2.75, 3.05) is 26.3 Å². The molecule has 1 saturated heterocycles. The zero-order valence-corrected chi connectivity index (χ0v) is 10.1. The first-order chi connectivity index (χ1) is 9.03. The van der Waals surface area contributed by atoms with E-state index >= 15 is 0 Å². The number of pyridine rings is 1. The molecule has 5 nitrogen and oxygen atoms in total. The standard InChI is InChI=1S/C12H14F2N2O3/c13-12(14,10(17)9-3-1-2-4-15-9)11(18)16-5-7-19-8-6-16/h1-4,10,17H,5-8H2. The topological polar surface area (TPSA) is 62.7 Å². The van der Waals surface area contributed by atoms with Crippen LogP contribution in [0.3, 0.4) is 0 Å². The summed E-state index contributed by atoms with van der Waals surface area (Å²) >= 11 is 0. The number of nitrogens with zero attached hydrogens (tertiary/aromatic N) is 2. The number of aromatic nitrogens is 1. The van der Waals surface area contributed by atoms with Crippen LogP contribution >= 0.6 is 0 Å². The molecule has 7 heteroatoms. The molecular weight excluding hydrogens is 258 g/mol. The first-order valence-electron chi connectivity index (χ1n) is 5.87. The molecule has 0 spiro atoms. The molecule has 1 aromatic heterocycles. The molecule has 2 heterocycles. The predicted octanol–water partition coefficient (Wildman–Crippen LogP) is 0.609. The predicted molar refractivity (Wildman–Crippen MR) is 61.5 cm³/mol. The van der Waals surface area contributed by atoms with E-state index in [1.807, 2.05) is 0 Å². The Hall–Kier alpha value is -1.60. The van der Waals surface area contributed by atoms with Crippen molar-refractivity contribution in [3.8, 4) is 0 Å². The number of carbonyl (C=O) groups excluding carboxylic acids is 1. The molecule has 1 unspecified atom stereocenters. The van der Waals surface area contributed by atoms with Gasteiger partial charge in [0, 0.05) is 19.3 Å².